The van der Waals surface area contributed by atoms with Crippen LogP contribution in [0.1, 0.15) is 137 Å². The fraction of sp³-hybridized carbons (Fsp3) is 0.939. The molecule has 0 radical (unpaired) electrons. The normalized spacial score (nSPS) is 29.9. The summed E-state index contributed by atoms with van der Waals surface area (Å²) in [7, 11) is 0. The van der Waals surface area contributed by atoms with Crippen molar-refractivity contribution in [1.29, 1.82) is 0 Å². The molecular formula is C33H62O10. The summed E-state index contributed by atoms with van der Waals surface area (Å²) in [5, 5.41) is 38.7. The predicted octanol–water partition coefficient (Wildman–Crippen LogP) is 4.75. The van der Waals surface area contributed by atoms with Crippen molar-refractivity contribution in [3.63, 3.8) is 0 Å². The minimum absolute atomic E-state index is 0.0354. The number of carbonyl (C=O) groups excluding carboxylic acids is 2. The summed E-state index contributed by atoms with van der Waals surface area (Å²) >= 11 is 0. The highest BCUT2D eigenvalue weighted by Gasteiger charge is 2.35. The molecule has 4 unspecified atom stereocenters. The third-order valence-electron chi connectivity index (χ3n) is 8.07. The van der Waals surface area contributed by atoms with Gasteiger partial charge in [0.1, 0.15) is 23.8 Å². The van der Waals surface area contributed by atoms with E-state index in [9.17, 15) is 30.0 Å². The van der Waals surface area contributed by atoms with Crippen molar-refractivity contribution < 1.29 is 49.0 Å². The standard InChI is InChI=1S/C21H40O5.C12H22O5/c1-4-5-13-18(22)14-11-9-7-6-8-10-12-16(2)25-21-20(24)15-19(23)17(3)26-21;1-8(13)5-3-4-6-16-12-11(15)7-10(14)9(2)17-12/h16-17,19-21,23-24H,4-15H2,1-3H3;9-12,14-15H,3-7H2,1-2H3/t16-,17?,19-,20?,21-;9?,10-,11?,12-/m11/s1. The lowest BCUT2D eigenvalue weighted by Crippen LogP contribution is -2.48. The van der Waals surface area contributed by atoms with Crippen LogP contribution in [0.5, 0.6) is 0 Å². The van der Waals surface area contributed by atoms with Gasteiger partial charge in [-0.3, -0.25) is 4.79 Å². The van der Waals surface area contributed by atoms with Crippen molar-refractivity contribution in [2.75, 3.05) is 6.61 Å². The number of hydrogen-bond donors (Lipinski definition) is 4. The number of unbranched alkanes of at least 4 members (excludes halogenated alkanes) is 7. The molecule has 2 fully saturated rings. The van der Waals surface area contributed by atoms with Crippen LogP contribution < -0.4 is 0 Å². The van der Waals surface area contributed by atoms with Crippen LogP contribution >= 0.6 is 0 Å². The number of Topliss-reactive ketones (excluding diaryl/α,β-unsaturated/α-hetero) is 2. The van der Waals surface area contributed by atoms with Gasteiger partial charge >= 0.3 is 0 Å². The molecule has 4 N–H and O–H groups in total. The van der Waals surface area contributed by atoms with Gasteiger partial charge in [-0.15, -0.1) is 0 Å². The van der Waals surface area contributed by atoms with Gasteiger partial charge in [-0.2, -0.15) is 0 Å². The highest BCUT2D eigenvalue weighted by Crippen LogP contribution is 2.24. The number of hydrogen-bond acceptors (Lipinski definition) is 10. The maximum Gasteiger partial charge on any atom is 0.184 e. The van der Waals surface area contributed by atoms with Crippen molar-refractivity contribution in [2.45, 2.75) is 193 Å². The van der Waals surface area contributed by atoms with E-state index in [0.717, 1.165) is 64.2 Å². The molecule has 0 saturated carbocycles. The van der Waals surface area contributed by atoms with Crippen molar-refractivity contribution in [3.05, 3.63) is 0 Å². The van der Waals surface area contributed by atoms with Gasteiger partial charge in [0.05, 0.1) is 30.5 Å². The SMILES string of the molecule is CC(=O)CCCCO[C@@H]1OC(C)[C@H](O)CC1O.CCCCC(=O)CCCCCCCC[C@@H](C)O[C@@H]1OC(C)[C@H](O)CC1O. The summed E-state index contributed by atoms with van der Waals surface area (Å²) in [6.45, 7) is 9.70. The third kappa shape index (κ3) is 18.6. The van der Waals surface area contributed by atoms with Gasteiger partial charge in [0, 0.05) is 38.7 Å². The zero-order valence-electron chi connectivity index (χ0n) is 27.5. The lowest BCUT2D eigenvalue weighted by molar-refractivity contribution is -0.273. The topological polar surface area (TPSA) is 152 Å². The summed E-state index contributed by atoms with van der Waals surface area (Å²) in [6, 6.07) is 0. The molecule has 10 heteroatoms. The molecule has 0 amide bonds. The average molecular weight is 619 g/mol. The minimum atomic E-state index is -0.783. The van der Waals surface area contributed by atoms with Gasteiger partial charge in [0.2, 0.25) is 0 Å². The molecule has 0 aromatic carbocycles. The van der Waals surface area contributed by atoms with Crippen molar-refractivity contribution >= 4 is 11.6 Å². The van der Waals surface area contributed by atoms with Crippen LogP contribution in [0.3, 0.4) is 0 Å². The zero-order chi connectivity index (χ0) is 32.2. The maximum absolute atomic E-state index is 11.6. The molecule has 43 heavy (non-hydrogen) atoms. The Morgan fingerprint density at radius 1 is 0.721 bits per heavy atom. The van der Waals surface area contributed by atoms with Gasteiger partial charge < -0.3 is 44.2 Å². The third-order valence-corrected chi connectivity index (χ3v) is 8.07. The van der Waals surface area contributed by atoms with E-state index in [1.165, 1.54) is 19.3 Å². The van der Waals surface area contributed by atoms with Gasteiger partial charge in [-0.25, -0.2) is 0 Å². The Kier molecular flexibility index (Phi) is 21.8. The molecule has 0 spiro atoms. The Hall–Kier alpha value is -0.980. The molecule has 254 valence electrons. The van der Waals surface area contributed by atoms with Crippen LogP contribution in [0.2, 0.25) is 0 Å². The second-order valence-corrected chi connectivity index (χ2v) is 12.4. The molecular weight excluding hydrogens is 556 g/mol. The minimum Gasteiger partial charge on any atom is -0.390 e. The Balaban J connectivity index is 0.000000469. The van der Waals surface area contributed by atoms with E-state index < -0.39 is 37.0 Å². The smallest absolute Gasteiger partial charge is 0.184 e. The fourth-order valence-corrected chi connectivity index (χ4v) is 5.09. The van der Waals surface area contributed by atoms with Gasteiger partial charge in [-0.1, -0.05) is 45.4 Å². The Morgan fingerprint density at radius 2 is 1.23 bits per heavy atom. The molecule has 0 aromatic heterocycles. The molecule has 0 aliphatic carbocycles. The van der Waals surface area contributed by atoms with Crippen LogP contribution in [-0.4, -0.2) is 93.9 Å². The molecule has 2 saturated heterocycles. The molecule has 9 atom stereocenters. The molecule has 2 aliphatic rings. The number of ketones is 2. The summed E-state index contributed by atoms with van der Waals surface area (Å²) in [5.41, 5.74) is 0. The van der Waals surface area contributed by atoms with Crippen LogP contribution in [0.4, 0.5) is 0 Å². The van der Waals surface area contributed by atoms with E-state index in [0.29, 0.717) is 25.2 Å². The molecule has 10 nitrogen and oxygen atoms in total. The van der Waals surface area contributed by atoms with Crippen LogP contribution in [-0.2, 0) is 28.5 Å². The first-order valence-electron chi connectivity index (χ1n) is 16.8. The van der Waals surface area contributed by atoms with Crippen molar-refractivity contribution in [3.8, 4) is 0 Å². The van der Waals surface area contributed by atoms with Crippen LogP contribution in [0.15, 0.2) is 0 Å². The summed E-state index contributed by atoms with van der Waals surface area (Å²) in [4.78, 5) is 22.3. The highest BCUT2D eigenvalue weighted by molar-refractivity contribution is 5.78. The van der Waals surface area contributed by atoms with Gasteiger partial charge in [0.15, 0.2) is 12.6 Å². The van der Waals surface area contributed by atoms with E-state index in [2.05, 4.69) is 6.92 Å². The highest BCUT2D eigenvalue weighted by atomic mass is 16.7. The predicted molar refractivity (Wildman–Crippen MR) is 164 cm³/mol. The maximum atomic E-state index is 11.6. The Bertz CT molecular complexity index is 734. The van der Waals surface area contributed by atoms with Gasteiger partial charge in [0.25, 0.3) is 0 Å². The van der Waals surface area contributed by atoms with E-state index in [1.54, 1.807) is 20.8 Å². The molecule has 0 bridgehead atoms. The second-order valence-electron chi connectivity index (χ2n) is 12.4. The molecule has 2 rings (SSSR count). The van der Waals surface area contributed by atoms with Gasteiger partial charge in [-0.05, 0) is 59.8 Å². The number of rotatable bonds is 20. The largest absolute Gasteiger partial charge is 0.390 e. The van der Waals surface area contributed by atoms with Crippen molar-refractivity contribution in [1.82, 2.24) is 0 Å². The number of aliphatic hydroxyl groups excluding tert-OH is 4. The molecule has 0 aromatic rings. The van der Waals surface area contributed by atoms with Crippen molar-refractivity contribution in [2.24, 2.45) is 0 Å². The zero-order valence-corrected chi connectivity index (χ0v) is 27.5. The molecule has 2 heterocycles. The van der Waals surface area contributed by atoms with Crippen LogP contribution in [0, 0.1) is 0 Å². The van der Waals surface area contributed by atoms with E-state index in [1.807, 2.05) is 6.92 Å². The molecule has 2 aliphatic heterocycles. The number of carbonyl (C=O) groups is 2. The second kappa shape index (κ2) is 23.4. The van der Waals surface area contributed by atoms with E-state index in [4.69, 9.17) is 18.9 Å². The fourth-order valence-electron chi connectivity index (χ4n) is 5.09. The Labute approximate surface area is 259 Å². The first kappa shape index (κ1) is 40.0. The van der Waals surface area contributed by atoms with E-state index in [-0.39, 0.29) is 30.5 Å². The number of aliphatic hydroxyl groups is 4. The van der Waals surface area contributed by atoms with E-state index >= 15 is 0 Å². The Morgan fingerprint density at radius 3 is 1.84 bits per heavy atom. The quantitative estimate of drug-likeness (QED) is 0.141. The summed E-state index contributed by atoms with van der Waals surface area (Å²) in [6.07, 6.45) is 9.42. The number of ether oxygens (including phenoxy) is 4. The first-order chi connectivity index (χ1) is 20.4. The summed E-state index contributed by atoms with van der Waals surface area (Å²) in [5.74, 6) is 0.600. The monoisotopic (exact) mass is 618 g/mol. The lowest BCUT2D eigenvalue weighted by Gasteiger charge is -2.36. The lowest BCUT2D eigenvalue weighted by atomic mass is 10.0. The summed E-state index contributed by atoms with van der Waals surface area (Å²) < 4.78 is 22.1. The average Bonchev–Trinajstić information content (AvgIpc) is 2.94. The van der Waals surface area contributed by atoms with Crippen LogP contribution in [0.25, 0.3) is 0 Å². The first-order valence-corrected chi connectivity index (χ1v) is 16.8.